The molecule has 8 heteroatoms. The van der Waals surface area contributed by atoms with E-state index in [1.54, 1.807) is 0 Å². The van der Waals surface area contributed by atoms with Crippen molar-refractivity contribution < 1.29 is 39.8 Å². The minimum Gasteiger partial charge on any atom is -0.405 e. The minimum absolute atomic E-state index is 0.0162. The van der Waals surface area contributed by atoms with Crippen molar-refractivity contribution in [1.29, 1.82) is 0 Å². The van der Waals surface area contributed by atoms with Crippen molar-refractivity contribution in [2.24, 2.45) is 0 Å². The maximum Gasteiger partial charge on any atom is 0.360 e. The Morgan fingerprint density at radius 1 is 0.909 bits per heavy atom. The summed E-state index contributed by atoms with van der Waals surface area (Å²) in [5.74, 6) is -3.66. The second kappa shape index (κ2) is 15.8. The smallest absolute Gasteiger partial charge is 0.360 e. The molecule has 0 aromatic heterocycles. The van der Waals surface area contributed by atoms with E-state index >= 15 is 0 Å². The monoisotopic (exact) mass is 474 g/mol. The van der Waals surface area contributed by atoms with E-state index in [0.717, 1.165) is 45.4 Å². The van der Waals surface area contributed by atoms with Gasteiger partial charge in [0.05, 0.1) is 6.61 Å². The molecule has 8 nitrogen and oxygen atoms in total. The predicted octanol–water partition coefficient (Wildman–Crippen LogP) is 3.08. The summed E-state index contributed by atoms with van der Waals surface area (Å²) in [6.07, 6.45) is 14.3. The fourth-order valence-corrected chi connectivity index (χ4v) is 3.93. The number of unbranched alkanes of at least 4 members (excludes halogenated alkanes) is 11. The maximum atomic E-state index is 12.1. The van der Waals surface area contributed by atoms with Gasteiger partial charge in [0.2, 0.25) is 0 Å². The van der Waals surface area contributed by atoms with Gasteiger partial charge in [-0.3, -0.25) is 4.79 Å². The van der Waals surface area contributed by atoms with Crippen LogP contribution in [0, 0.1) is 0 Å². The van der Waals surface area contributed by atoms with Crippen LogP contribution in [0.25, 0.3) is 0 Å². The van der Waals surface area contributed by atoms with Crippen LogP contribution in [0.5, 0.6) is 0 Å². The number of esters is 1. The molecule has 0 bridgehead atoms. The molecule has 33 heavy (non-hydrogen) atoms. The number of ether oxygens (including phenoxy) is 2. The van der Waals surface area contributed by atoms with Crippen LogP contribution in [-0.2, 0) is 14.3 Å². The van der Waals surface area contributed by atoms with Crippen molar-refractivity contribution in [3.8, 4) is 0 Å². The molecule has 0 amide bonds. The molecule has 0 spiro atoms. The summed E-state index contributed by atoms with van der Waals surface area (Å²) in [6, 6.07) is 0. The average molecular weight is 475 g/mol. The summed E-state index contributed by atoms with van der Waals surface area (Å²) in [7, 11) is 0. The quantitative estimate of drug-likeness (QED) is 0.0939. The number of aliphatic hydroxyl groups is 5. The topological polar surface area (TPSA) is 137 Å². The van der Waals surface area contributed by atoms with Gasteiger partial charge in [0.15, 0.2) is 5.60 Å². The molecule has 0 aromatic rings. The van der Waals surface area contributed by atoms with Gasteiger partial charge in [-0.1, -0.05) is 70.4 Å². The van der Waals surface area contributed by atoms with Crippen molar-refractivity contribution >= 4 is 5.97 Å². The van der Waals surface area contributed by atoms with E-state index in [0.29, 0.717) is 6.42 Å². The Morgan fingerprint density at radius 3 is 1.97 bits per heavy atom. The largest absolute Gasteiger partial charge is 0.405 e. The van der Waals surface area contributed by atoms with E-state index in [2.05, 4.69) is 19.1 Å². The van der Waals surface area contributed by atoms with Gasteiger partial charge < -0.3 is 35.0 Å². The van der Waals surface area contributed by atoms with Crippen molar-refractivity contribution in [3.63, 3.8) is 0 Å². The van der Waals surface area contributed by atoms with Crippen LogP contribution in [0.1, 0.15) is 104 Å². The molecular weight excluding hydrogens is 428 g/mol. The van der Waals surface area contributed by atoms with Crippen LogP contribution in [0.3, 0.4) is 0 Å². The zero-order valence-corrected chi connectivity index (χ0v) is 20.5. The Hall–Kier alpha value is -1.03. The first-order valence-electron chi connectivity index (χ1n) is 12.7. The van der Waals surface area contributed by atoms with Gasteiger partial charge >= 0.3 is 11.9 Å². The number of allylic oxidation sites excluding steroid dienone is 2. The lowest BCUT2D eigenvalue weighted by Gasteiger charge is -2.49. The van der Waals surface area contributed by atoms with Crippen LogP contribution in [0.15, 0.2) is 12.2 Å². The molecule has 1 rings (SSSR count). The van der Waals surface area contributed by atoms with E-state index in [9.17, 15) is 30.3 Å². The lowest BCUT2D eigenvalue weighted by atomic mass is 9.86. The van der Waals surface area contributed by atoms with Gasteiger partial charge in [-0.05, 0) is 39.0 Å². The average Bonchev–Trinajstić information content (AvgIpc) is 2.78. The van der Waals surface area contributed by atoms with Crippen molar-refractivity contribution in [1.82, 2.24) is 0 Å². The molecule has 5 N–H and O–H groups in total. The highest BCUT2D eigenvalue weighted by Gasteiger charge is 2.63. The first-order chi connectivity index (χ1) is 15.7. The molecule has 0 saturated carbocycles. The molecule has 1 fully saturated rings. The standard InChI is InChI=1S/C25H46O8/c1-3-4-5-6-7-8-9-10-11-12-13-14-15-16-17-18-21(27)33-25(31)24(2,30)23(29)22(28)20(19-26)32-25/h10-11,20,22-23,26,28-31H,3-9,12-19H2,1-2H3/b11-10-/t20-,22-,23+,24-,25?/m1/s1. The van der Waals surface area contributed by atoms with Crippen molar-refractivity contribution in [2.75, 3.05) is 6.61 Å². The highest BCUT2D eigenvalue weighted by molar-refractivity contribution is 5.69. The number of carbonyl (C=O) groups excluding carboxylic acids is 1. The van der Waals surface area contributed by atoms with Crippen LogP contribution < -0.4 is 0 Å². The van der Waals surface area contributed by atoms with E-state index in [1.165, 1.54) is 38.5 Å². The Bertz CT molecular complexity index is 565. The minimum atomic E-state index is -2.86. The van der Waals surface area contributed by atoms with Gasteiger partial charge in [-0.2, -0.15) is 0 Å². The third-order valence-corrected chi connectivity index (χ3v) is 6.31. The number of aliphatic hydroxyl groups excluding tert-OH is 3. The van der Waals surface area contributed by atoms with Crippen LogP contribution in [0.4, 0.5) is 0 Å². The Labute approximate surface area is 198 Å². The molecule has 0 aromatic carbocycles. The summed E-state index contributed by atoms with van der Waals surface area (Å²) in [4.78, 5) is 12.1. The Balaban J connectivity index is 2.15. The molecule has 0 radical (unpaired) electrons. The zero-order valence-electron chi connectivity index (χ0n) is 20.5. The molecule has 1 aliphatic heterocycles. The highest BCUT2D eigenvalue weighted by Crippen LogP contribution is 2.37. The maximum absolute atomic E-state index is 12.1. The molecular formula is C25H46O8. The number of hydrogen-bond donors (Lipinski definition) is 5. The fraction of sp³-hybridized carbons (Fsp3) is 0.880. The van der Waals surface area contributed by atoms with Crippen molar-refractivity contribution in [3.05, 3.63) is 12.2 Å². The first-order valence-corrected chi connectivity index (χ1v) is 12.7. The second-order valence-corrected chi connectivity index (χ2v) is 9.31. The van der Waals surface area contributed by atoms with Crippen LogP contribution in [-0.4, -0.2) is 68.0 Å². The molecule has 1 heterocycles. The summed E-state index contributed by atoms with van der Waals surface area (Å²) in [5, 5.41) is 49.9. The molecule has 5 atom stereocenters. The van der Waals surface area contributed by atoms with E-state index < -0.39 is 42.5 Å². The lowest BCUT2D eigenvalue weighted by molar-refractivity contribution is -0.463. The summed E-state index contributed by atoms with van der Waals surface area (Å²) in [6.45, 7) is 2.49. The van der Waals surface area contributed by atoms with Gasteiger partial charge in [-0.25, -0.2) is 0 Å². The zero-order chi connectivity index (χ0) is 24.7. The molecule has 1 unspecified atom stereocenters. The summed E-state index contributed by atoms with van der Waals surface area (Å²) >= 11 is 0. The third-order valence-electron chi connectivity index (χ3n) is 6.31. The van der Waals surface area contributed by atoms with E-state index in [4.69, 9.17) is 9.47 Å². The predicted molar refractivity (Wildman–Crippen MR) is 125 cm³/mol. The van der Waals surface area contributed by atoms with Crippen LogP contribution in [0.2, 0.25) is 0 Å². The lowest BCUT2D eigenvalue weighted by Crippen LogP contribution is -2.73. The number of hydrogen-bond acceptors (Lipinski definition) is 8. The third kappa shape index (κ3) is 10.0. The second-order valence-electron chi connectivity index (χ2n) is 9.31. The first kappa shape index (κ1) is 30.0. The van der Waals surface area contributed by atoms with Crippen LogP contribution >= 0.6 is 0 Å². The number of carbonyl (C=O) groups is 1. The Kier molecular flexibility index (Phi) is 14.4. The normalized spacial score (nSPS) is 30.1. The van der Waals surface area contributed by atoms with Gasteiger partial charge in [0, 0.05) is 6.42 Å². The van der Waals surface area contributed by atoms with E-state index in [1.807, 2.05) is 0 Å². The SMILES string of the molecule is CCCCCCCC/C=C\CCCCCCCC(=O)OC1(O)O[C@H](CO)[C@@H](O)[C@H](O)[C@@]1(C)O. The molecule has 1 aliphatic rings. The summed E-state index contributed by atoms with van der Waals surface area (Å²) < 4.78 is 9.93. The highest BCUT2D eigenvalue weighted by atomic mass is 16.8. The number of rotatable bonds is 17. The van der Waals surface area contributed by atoms with Gasteiger partial charge in [0.1, 0.15) is 18.3 Å². The fourth-order valence-electron chi connectivity index (χ4n) is 3.93. The van der Waals surface area contributed by atoms with Gasteiger partial charge in [-0.15, -0.1) is 0 Å². The van der Waals surface area contributed by atoms with Crippen molar-refractivity contribution in [2.45, 2.75) is 134 Å². The Morgan fingerprint density at radius 2 is 1.42 bits per heavy atom. The summed E-state index contributed by atoms with van der Waals surface area (Å²) in [5.41, 5.74) is -2.46. The molecule has 1 saturated heterocycles. The molecule has 0 aliphatic carbocycles. The van der Waals surface area contributed by atoms with Gasteiger partial charge in [0.25, 0.3) is 0 Å². The molecule has 194 valence electrons. The van der Waals surface area contributed by atoms with E-state index in [-0.39, 0.29) is 6.42 Å².